The number of aliphatic hydroxyl groups is 3. The Morgan fingerprint density at radius 2 is 1.42 bits per heavy atom. The molecule has 5 rings (SSSR count). The quantitative estimate of drug-likeness (QED) is 0.355. The maximum atomic E-state index is 13.1. The molecule has 5 aliphatic rings. The van der Waals surface area contributed by atoms with Crippen molar-refractivity contribution in [3.8, 4) is 0 Å². The van der Waals surface area contributed by atoms with Gasteiger partial charge in [-0.15, -0.1) is 0 Å². The summed E-state index contributed by atoms with van der Waals surface area (Å²) in [5.74, 6) is 0.744. The Balaban J connectivity index is 1.52. The number of allylic oxidation sites excluding steroid dienone is 1. The van der Waals surface area contributed by atoms with Crippen molar-refractivity contribution >= 4 is 6.29 Å². The maximum Gasteiger partial charge on any atom is 0.185 e. The highest BCUT2D eigenvalue weighted by atomic mass is 16.6. The third-order valence-electron chi connectivity index (χ3n) is 13.3. The van der Waals surface area contributed by atoms with E-state index < -0.39 is 17.3 Å². The first-order valence-corrected chi connectivity index (χ1v) is 14.5. The Morgan fingerprint density at radius 1 is 0.806 bits per heavy atom. The molecule has 0 amide bonds. The SMILES string of the molecule is CC(C)=CC1C[C@](O)([C@@]2(C)CC[C@]3(C)C2CCC2[C@@]4(C=O)CCC(O)C(C)(C)C4CC[C@]23C)[C@H](O)O1. The van der Waals surface area contributed by atoms with Crippen molar-refractivity contribution in [2.75, 3.05) is 0 Å². The average molecular weight is 503 g/mol. The smallest absolute Gasteiger partial charge is 0.185 e. The molecule has 3 N–H and O–H groups in total. The van der Waals surface area contributed by atoms with Gasteiger partial charge in [-0.25, -0.2) is 0 Å². The average Bonchev–Trinajstić information content (AvgIpc) is 3.25. The van der Waals surface area contributed by atoms with E-state index in [4.69, 9.17) is 4.74 Å². The van der Waals surface area contributed by atoms with Gasteiger partial charge in [0.25, 0.3) is 0 Å². The fraction of sp³-hybridized carbons (Fsp3) is 0.903. The number of carbonyl (C=O) groups is 1. The molecule has 0 radical (unpaired) electrons. The summed E-state index contributed by atoms with van der Waals surface area (Å²) in [5, 5.41) is 34.1. The molecule has 5 heteroatoms. The fourth-order valence-corrected chi connectivity index (χ4v) is 11.1. The molecule has 0 aromatic rings. The van der Waals surface area contributed by atoms with Crippen molar-refractivity contribution in [2.45, 2.75) is 130 Å². The van der Waals surface area contributed by atoms with Crippen LogP contribution in [0.4, 0.5) is 0 Å². The van der Waals surface area contributed by atoms with Gasteiger partial charge in [-0.05, 0) is 99.2 Å². The molecule has 5 nitrogen and oxygen atoms in total. The van der Waals surface area contributed by atoms with Gasteiger partial charge in [0.15, 0.2) is 6.29 Å². The topological polar surface area (TPSA) is 87.0 Å². The lowest BCUT2D eigenvalue weighted by Crippen LogP contribution is -2.66. The zero-order valence-corrected chi connectivity index (χ0v) is 23.6. The Kier molecular flexibility index (Phi) is 6.06. The van der Waals surface area contributed by atoms with Gasteiger partial charge in [0.05, 0.1) is 12.2 Å². The first-order chi connectivity index (χ1) is 16.6. The molecule has 5 unspecified atom stereocenters. The Hall–Kier alpha value is -0.750. The second-order valence-corrected chi connectivity index (χ2v) is 15.0. The molecule has 1 saturated heterocycles. The van der Waals surface area contributed by atoms with Crippen molar-refractivity contribution in [1.82, 2.24) is 0 Å². The lowest BCUT2D eigenvalue weighted by atomic mass is 9.34. The summed E-state index contributed by atoms with van der Waals surface area (Å²) in [5.41, 5.74) is -1.31. The number of carbonyl (C=O) groups excluding carboxylic acids is 1. The largest absolute Gasteiger partial charge is 0.393 e. The van der Waals surface area contributed by atoms with Crippen LogP contribution in [0.25, 0.3) is 0 Å². The van der Waals surface area contributed by atoms with Crippen LogP contribution >= 0.6 is 0 Å². The highest BCUT2D eigenvalue weighted by Gasteiger charge is 2.74. The van der Waals surface area contributed by atoms with E-state index in [1.807, 2.05) is 19.9 Å². The molecule has 1 aliphatic heterocycles. The van der Waals surface area contributed by atoms with Gasteiger partial charge >= 0.3 is 0 Å². The molecule has 0 aromatic heterocycles. The summed E-state index contributed by atoms with van der Waals surface area (Å²) < 4.78 is 5.91. The number of fused-ring (bicyclic) bond motifs is 5. The van der Waals surface area contributed by atoms with E-state index in [1.54, 1.807) is 0 Å². The molecule has 204 valence electrons. The van der Waals surface area contributed by atoms with Crippen LogP contribution in [0.3, 0.4) is 0 Å². The summed E-state index contributed by atoms with van der Waals surface area (Å²) in [6, 6.07) is 0. The van der Waals surface area contributed by atoms with Crippen LogP contribution in [0, 0.1) is 44.8 Å². The van der Waals surface area contributed by atoms with Crippen LogP contribution in [0.5, 0.6) is 0 Å². The standard InChI is InChI=1S/C31H50O5/c1-19(2)16-20-17-31(35,25(34)36-20)29(7)15-14-28(6)22(29)8-9-23-27(28,5)12-10-21-26(3,4)24(33)11-13-30(21,23)18-32/h16,18,20-25,33-35H,8-15,17H2,1-7H3/t20?,21?,22?,23?,24?,25-,27-,28-,29+,30-,31-/m1/s1. The lowest BCUT2D eigenvalue weighted by Gasteiger charge is -2.69. The van der Waals surface area contributed by atoms with Crippen LogP contribution in [0.15, 0.2) is 11.6 Å². The van der Waals surface area contributed by atoms with E-state index in [2.05, 4.69) is 34.6 Å². The van der Waals surface area contributed by atoms with Crippen molar-refractivity contribution in [3.05, 3.63) is 11.6 Å². The zero-order chi connectivity index (χ0) is 26.5. The van der Waals surface area contributed by atoms with Gasteiger partial charge in [-0.3, -0.25) is 0 Å². The Morgan fingerprint density at radius 3 is 2.06 bits per heavy atom. The summed E-state index contributed by atoms with van der Waals surface area (Å²) in [6.45, 7) is 15.4. The van der Waals surface area contributed by atoms with Gasteiger partial charge < -0.3 is 24.9 Å². The van der Waals surface area contributed by atoms with Gasteiger partial charge in [-0.2, -0.15) is 0 Å². The first kappa shape index (κ1) is 26.8. The summed E-state index contributed by atoms with van der Waals surface area (Å²) in [6.07, 6.45) is 9.22. The van der Waals surface area contributed by atoms with Crippen molar-refractivity contribution in [1.29, 1.82) is 0 Å². The van der Waals surface area contributed by atoms with E-state index >= 15 is 0 Å². The number of aldehydes is 1. The highest BCUT2D eigenvalue weighted by molar-refractivity contribution is 5.62. The molecule has 36 heavy (non-hydrogen) atoms. The van der Waals surface area contributed by atoms with E-state index in [1.165, 1.54) is 6.29 Å². The van der Waals surface area contributed by atoms with Crippen LogP contribution in [0.1, 0.15) is 106 Å². The second kappa shape index (κ2) is 8.13. The minimum atomic E-state index is -1.29. The second-order valence-electron chi connectivity index (χ2n) is 15.0. The van der Waals surface area contributed by atoms with Crippen molar-refractivity contribution in [3.63, 3.8) is 0 Å². The Labute approximate surface area is 218 Å². The highest BCUT2D eigenvalue weighted by Crippen LogP contribution is 2.78. The normalized spacial score (nSPS) is 55.8. The maximum absolute atomic E-state index is 13.1. The molecule has 5 fully saturated rings. The number of aliphatic hydroxyl groups excluding tert-OH is 2. The Bertz CT molecular complexity index is 939. The van der Waals surface area contributed by atoms with E-state index in [0.29, 0.717) is 12.8 Å². The third kappa shape index (κ3) is 3.12. The summed E-state index contributed by atoms with van der Waals surface area (Å²) >= 11 is 0. The van der Waals surface area contributed by atoms with Crippen LogP contribution in [0.2, 0.25) is 0 Å². The molecule has 0 aromatic carbocycles. The molecule has 1 heterocycles. The summed E-state index contributed by atoms with van der Waals surface area (Å²) in [7, 11) is 0. The lowest BCUT2D eigenvalue weighted by molar-refractivity contribution is -0.248. The predicted octanol–water partition coefficient (Wildman–Crippen LogP) is 5.41. The van der Waals surface area contributed by atoms with Crippen molar-refractivity contribution in [2.24, 2.45) is 44.8 Å². The van der Waals surface area contributed by atoms with E-state index in [9.17, 15) is 20.1 Å². The molecule has 0 bridgehead atoms. The van der Waals surface area contributed by atoms with Gasteiger partial charge in [0, 0.05) is 17.3 Å². The monoisotopic (exact) mass is 502 g/mol. The number of hydrogen-bond acceptors (Lipinski definition) is 5. The van der Waals surface area contributed by atoms with E-state index in [0.717, 1.165) is 50.5 Å². The minimum Gasteiger partial charge on any atom is -0.393 e. The molecule has 4 saturated carbocycles. The van der Waals surface area contributed by atoms with Crippen molar-refractivity contribution < 1.29 is 24.9 Å². The van der Waals surface area contributed by atoms with Crippen LogP contribution in [-0.4, -0.2) is 45.7 Å². The molecular formula is C31H50O5. The molecular weight excluding hydrogens is 452 g/mol. The van der Waals surface area contributed by atoms with E-state index in [-0.39, 0.29) is 51.6 Å². The zero-order valence-electron chi connectivity index (χ0n) is 23.6. The fourth-order valence-electron chi connectivity index (χ4n) is 11.1. The van der Waals surface area contributed by atoms with Gasteiger partial charge in [0.1, 0.15) is 11.9 Å². The third-order valence-corrected chi connectivity index (χ3v) is 13.3. The number of rotatable bonds is 3. The number of hydrogen-bond donors (Lipinski definition) is 3. The molecule has 4 aliphatic carbocycles. The molecule has 0 spiro atoms. The summed E-state index contributed by atoms with van der Waals surface area (Å²) in [4.78, 5) is 13.1. The minimum absolute atomic E-state index is 0.0243. The first-order valence-electron chi connectivity index (χ1n) is 14.5. The predicted molar refractivity (Wildman–Crippen MR) is 140 cm³/mol. The van der Waals surface area contributed by atoms with Gasteiger partial charge in [0.2, 0.25) is 0 Å². The van der Waals surface area contributed by atoms with Gasteiger partial charge in [-0.1, -0.05) is 46.3 Å². The van der Waals surface area contributed by atoms with Crippen LogP contribution < -0.4 is 0 Å². The number of ether oxygens (including phenoxy) is 1. The van der Waals surface area contributed by atoms with Crippen LogP contribution in [-0.2, 0) is 9.53 Å². The molecule has 11 atom stereocenters.